The molecule has 0 spiro atoms. The number of amides is 2. The van der Waals surface area contributed by atoms with E-state index in [1.165, 1.54) is 4.88 Å². The van der Waals surface area contributed by atoms with Crippen molar-refractivity contribution in [2.24, 2.45) is 5.92 Å². The van der Waals surface area contributed by atoms with Crippen molar-refractivity contribution in [1.82, 2.24) is 25.2 Å². The molecule has 4 heterocycles. The molecule has 0 saturated carbocycles. The first-order chi connectivity index (χ1) is 20.9. The van der Waals surface area contributed by atoms with Gasteiger partial charge < -0.3 is 20.1 Å². The number of nitrogens with one attached hydrogen (secondary N) is 2. The molecule has 1 saturated heterocycles. The third-order valence-corrected chi connectivity index (χ3v) is 9.26. The highest BCUT2D eigenvalue weighted by Crippen LogP contribution is 2.28. The van der Waals surface area contributed by atoms with Crippen LogP contribution in [-0.2, 0) is 11.2 Å². The Morgan fingerprint density at radius 3 is 2.49 bits per heavy atom. The van der Waals surface area contributed by atoms with E-state index in [0.717, 1.165) is 67.9 Å². The number of fused-ring (bicyclic) bond motifs is 1. The van der Waals surface area contributed by atoms with Crippen molar-refractivity contribution in [3.05, 3.63) is 76.4 Å². The van der Waals surface area contributed by atoms with Gasteiger partial charge >= 0.3 is 0 Å². The maximum atomic E-state index is 13.5. The molecule has 1 aromatic carbocycles. The second kappa shape index (κ2) is 14.2. The third kappa shape index (κ3) is 7.44. The van der Waals surface area contributed by atoms with Crippen LogP contribution in [0.1, 0.15) is 86.9 Å². The summed E-state index contributed by atoms with van der Waals surface area (Å²) in [5, 5.41) is 8.37. The van der Waals surface area contributed by atoms with Crippen LogP contribution in [-0.4, -0.2) is 51.5 Å². The van der Waals surface area contributed by atoms with Crippen LogP contribution in [0.3, 0.4) is 0 Å². The highest BCUT2D eigenvalue weighted by Gasteiger charge is 2.28. The van der Waals surface area contributed by atoms with Gasteiger partial charge in [-0.3, -0.25) is 9.59 Å². The molecule has 9 heteroatoms. The van der Waals surface area contributed by atoms with Gasteiger partial charge in [0, 0.05) is 48.2 Å². The molecule has 4 aromatic rings. The molecule has 5 rings (SSSR count). The number of carbonyl (C=O) groups is 2. The van der Waals surface area contributed by atoms with Gasteiger partial charge in [0.15, 0.2) is 0 Å². The molecule has 228 valence electrons. The molecule has 0 radical (unpaired) electrons. The first-order valence-electron chi connectivity index (χ1n) is 15.7. The molecule has 3 aromatic heterocycles. The fourth-order valence-corrected chi connectivity index (χ4v) is 6.79. The Balaban J connectivity index is 1.29. The van der Waals surface area contributed by atoms with E-state index in [0.29, 0.717) is 18.0 Å². The summed E-state index contributed by atoms with van der Waals surface area (Å²) in [4.78, 5) is 40.0. The number of hydrogen-bond acceptors (Lipinski definition) is 6. The zero-order valence-electron chi connectivity index (χ0n) is 25.8. The number of hydrogen-bond donors (Lipinski definition) is 2. The number of carbonyl (C=O) groups excluding carboxylic acids is 2. The van der Waals surface area contributed by atoms with Gasteiger partial charge in [0.25, 0.3) is 5.91 Å². The smallest absolute Gasteiger partial charge is 0.252 e. The second-order valence-corrected chi connectivity index (χ2v) is 13.0. The lowest BCUT2D eigenvalue weighted by atomic mass is 10.00. The van der Waals surface area contributed by atoms with E-state index in [4.69, 9.17) is 4.98 Å². The number of piperidine rings is 1. The molecule has 2 amide bonds. The average molecular weight is 601 g/mol. The number of aromatic nitrogens is 3. The van der Waals surface area contributed by atoms with E-state index < -0.39 is 6.04 Å². The fraction of sp³-hybridized carbons (Fsp3) is 0.471. The minimum atomic E-state index is -0.603. The second-order valence-electron chi connectivity index (χ2n) is 11.9. The van der Waals surface area contributed by atoms with E-state index in [9.17, 15) is 9.59 Å². The van der Waals surface area contributed by atoms with Gasteiger partial charge in [-0.2, -0.15) is 0 Å². The van der Waals surface area contributed by atoms with Crippen LogP contribution in [0.25, 0.3) is 11.0 Å². The molecule has 8 nitrogen and oxygen atoms in total. The topological polar surface area (TPSA) is 92.1 Å². The number of rotatable bonds is 12. The number of pyridine rings is 1. The molecular weight excluding hydrogens is 556 g/mol. The Kier molecular flexibility index (Phi) is 10.1. The van der Waals surface area contributed by atoms with E-state index in [2.05, 4.69) is 70.3 Å². The van der Waals surface area contributed by atoms with Crippen molar-refractivity contribution in [3.63, 3.8) is 0 Å². The number of thiophene rings is 1. The van der Waals surface area contributed by atoms with Crippen LogP contribution in [0.15, 0.2) is 60.1 Å². The fourth-order valence-electron chi connectivity index (χ4n) is 6.08. The van der Waals surface area contributed by atoms with Gasteiger partial charge in [0.2, 0.25) is 5.91 Å². The van der Waals surface area contributed by atoms with Gasteiger partial charge in [-0.05, 0) is 79.8 Å². The van der Waals surface area contributed by atoms with Crippen molar-refractivity contribution < 1.29 is 9.59 Å². The summed E-state index contributed by atoms with van der Waals surface area (Å²) < 4.78 is 2.35. The average Bonchev–Trinajstić information content (AvgIpc) is 3.66. The molecule has 1 fully saturated rings. The number of nitrogens with zero attached hydrogens (tertiary/aromatic N) is 4. The number of benzene rings is 1. The Labute approximate surface area is 258 Å². The Morgan fingerprint density at radius 2 is 1.84 bits per heavy atom. The Bertz CT molecular complexity index is 1490. The molecule has 1 aliphatic rings. The first kappa shape index (κ1) is 30.7. The van der Waals surface area contributed by atoms with Crippen molar-refractivity contribution in [2.45, 2.75) is 84.3 Å². The maximum Gasteiger partial charge on any atom is 0.252 e. The highest BCUT2D eigenvalue weighted by atomic mass is 32.1. The van der Waals surface area contributed by atoms with Crippen LogP contribution in [0.2, 0.25) is 0 Å². The lowest BCUT2D eigenvalue weighted by Crippen LogP contribution is -2.52. The normalized spacial score (nSPS) is 14.9. The van der Waals surface area contributed by atoms with Crippen LogP contribution in [0, 0.1) is 5.92 Å². The van der Waals surface area contributed by atoms with Gasteiger partial charge in [-0.25, -0.2) is 9.97 Å². The van der Waals surface area contributed by atoms with Crippen molar-refractivity contribution in [3.8, 4) is 0 Å². The SMILES string of the molecule is CCC(CC)n1c(Cc2cccs2)nc2cc(C(=O)N[C@@H](CC(C)C)C(=O)NC3CCN(c4ccccn4)CC3)ccc21. The molecule has 1 aliphatic heterocycles. The van der Waals surface area contributed by atoms with Crippen LogP contribution >= 0.6 is 11.3 Å². The largest absolute Gasteiger partial charge is 0.356 e. The number of imidazole rings is 1. The quantitative estimate of drug-likeness (QED) is 0.197. The van der Waals surface area contributed by atoms with E-state index >= 15 is 0 Å². The summed E-state index contributed by atoms with van der Waals surface area (Å²) in [5.41, 5.74) is 2.38. The van der Waals surface area contributed by atoms with Crippen LogP contribution in [0.4, 0.5) is 5.82 Å². The monoisotopic (exact) mass is 600 g/mol. The molecule has 0 unspecified atom stereocenters. The summed E-state index contributed by atoms with van der Waals surface area (Å²) in [6.45, 7) is 10.2. The summed E-state index contributed by atoms with van der Waals surface area (Å²) in [5.74, 6) is 1.88. The molecule has 0 aliphatic carbocycles. The first-order valence-corrected chi connectivity index (χ1v) is 16.5. The highest BCUT2D eigenvalue weighted by molar-refractivity contribution is 7.09. The minimum absolute atomic E-state index is 0.0752. The van der Waals surface area contributed by atoms with Gasteiger partial charge in [-0.15, -0.1) is 11.3 Å². The van der Waals surface area contributed by atoms with E-state index in [1.54, 1.807) is 11.3 Å². The third-order valence-electron chi connectivity index (χ3n) is 8.39. The van der Waals surface area contributed by atoms with Crippen LogP contribution < -0.4 is 15.5 Å². The zero-order chi connectivity index (χ0) is 30.3. The summed E-state index contributed by atoms with van der Waals surface area (Å²) >= 11 is 1.74. The van der Waals surface area contributed by atoms with Crippen molar-refractivity contribution >= 4 is 40.0 Å². The lowest BCUT2D eigenvalue weighted by molar-refractivity contribution is -0.124. The standard InChI is InChI=1S/C34H44N6O2S/c1-5-26(6-2)40-30-13-12-24(21-28(30)37-32(40)22-27-10-9-19-43-27)33(41)38-29(20-23(3)4)34(42)36-25-14-17-39(18-15-25)31-11-7-8-16-35-31/h7-13,16,19,21,23,25-26,29H,5-6,14-15,17-18,20,22H2,1-4H3,(H,36,42)(H,38,41)/t29-/m0/s1. The maximum absolute atomic E-state index is 13.5. The summed E-state index contributed by atoms with van der Waals surface area (Å²) in [7, 11) is 0. The predicted octanol–water partition coefficient (Wildman–Crippen LogP) is 6.37. The lowest BCUT2D eigenvalue weighted by Gasteiger charge is -2.34. The molecule has 43 heavy (non-hydrogen) atoms. The zero-order valence-corrected chi connectivity index (χ0v) is 26.6. The Morgan fingerprint density at radius 1 is 1.05 bits per heavy atom. The number of anilines is 1. The molecule has 1 atom stereocenters. The predicted molar refractivity (Wildman–Crippen MR) is 175 cm³/mol. The Hall–Kier alpha value is -3.72. The van der Waals surface area contributed by atoms with Gasteiger partial charge in [0.05, 0.1) is 11.0 Å². The van der Waals surface area contributed by atoms with Crippen molar-refractivity contribution in [2.75, 3.05) is 18.0 Å². The van der Waals surface area contributed by atoms with Gasteiger partial charge in [-0.1, -0.05) is 39.8 Å². The minimum Gasteiger partial charge on any atom is -0.356 e. The van der Waals surface area contributed by atoms with E-state index in [-0.39, 0.29) is 23.8 Å². The van der Waals surface area contributed by atoms with Gasteiger partial charge in [0.1, 0.15) is 17.7 Å². The molecular formula is C34H44N6O2S. The van der Waals surface area contributed by atoms with Crippen molar-refractivity contribution in [1.29, 1.82) is 0 Å². The van der Waals surface area contributed by atoms with Crippen LogP contribution in [0.5, 0.6) is 0 Å². The summed E-state index contributed by atoms with van der Waals surface area (Å²) in [6, 6.07) is 15.7. The summed E-state index contributed by atoms with van der Waals surface area (Å²) in [6.07, 6.45) is 6.85. The molecule has 0 bridgehead atoms. The van der Waals surface area contributed by atoms with E-state index in [1.807, 2.05) is 42.6 Å². The molecule has 2 N–H and O–H groups in total.